The van der Waals surface area contributed by atoms with E-state index in [0.717, 1.165) is 47.0 Å². The molecule has 3 N–H and O–H groups in total. The molecule has 8 heteroatoms. The summed E-state index contributed by atoms with van der Waals surface area (Å²) in [5.74, 6) is -0.0000218. The molecule has 0 saturated carbocycles. The second-order valence-corrected chi connectivity index (χ2v) is 8.15. The van der Waals surface area contributed by atoms with Crippen LogP contribution in [0.2, 0.25) is 0 Å². The summed E-state index contributed by atoms with van der Waals surface area (Å²) in [6.07, 6.45) is 1.74. The van der Waals surface area contributed by atoms with Crippen LogP contribution in [0.5, 0.6) is 0 Å². The average Bonchev–Trinajstić information content (AvgIpc) is 3.31. The summed E-state index contributed by atoms with van der Waals surface area (Å²) >= 11 is 0. The number of carbonyl (C=O) groups excluding carboxylic acids is 1. The van der Waals surface area contributed by atoms with Crippen molar-refractivity contribution in [2.75, 3.05) is 13.1 Å². The number of pyridine rings is 2. The number of rotatable bonds is 6. The van der Waals surface area contributed by atoms with Crippen LogP contribution in [-0.4, -0.2) is 34.9 Å². The van der Waals surface area contributed by atoms with E-state index < -0.39 is 5.95 Å². The average molecular weight is 447 g/mol. The van der Waals surface area contributed by atoms with Crippen molar-refractivity contribution < 1.29 is 9.18 Å². The zero-order valence-corrected chi connectivity index (χ0v) is 18.9. The Kier molecular flexibility index (Phi) is 6.63. The predicted octanol–water partition coefficient (Wildman–Crippen LogP) is 3.44. The standard InChI is InChI=1S/C25H27FN6O/c1-15-6-7-27-22(10-15)17(3)32-24(33)20-12-18(14-30-25-28-8-9-29-25)11-19(13-20)21-4-5-23(26)31-16(21)2/h4-7,10-13,17H,8-9,14H2,1-3H3,(H,32,33)(H2,28,29,30). The molecule has 0 bridgehead atoms. The fourth-order valence-electron chi connectivity index (χ4n) is 3.77. The fraction of sp³-hybridized carbons (Fsp3) is 0.280. The molecule has 1 aromatic carbocycles. The lowest BCUT2D eigenvalue weighted by atomic mass is 9.98. The van der Waals surface area contributed by atoms with Gasteiger partial charge in [-0.05, 0) is 79.9 Å². The normalized spacial score (nSPS) is 13.8. The smallest absolute Gasteiger partial charge is 0.251 e. The number of halogens is 1. The molecule has 0 radical (unpaired) electrons. The Morgan fingerprint density at radius 1 is 1.18 bits per heavy atom. The Morgan fingerprint density at radius 2 is 2.03 bits per heavy atom. The summed E-state index contributed by atoms with van der Waals surface area (Å²) in [5, 5.41) is 9.47. The zero-order chi connectivity index (χ0) is 23.4. The molecule has 0 aliphatic carbocycles. The second kappa shape index (κ2) is 9.77. The fourth-order valence-corrected chi connectivity index (χ4v) is 3.77. The van der Waals surface area contributed by atoms with Gasteiger partial charge in [-0.15, -0.1) is 0 Å². The van der Waals surface area contributed by atoms with Gasteiger partial charge in [0.25, 0.3) is 5.91 Å². The summed E-state index contributed by atoms with van der Waals surface area (Å²) in [4.78, 5) is 25.8. The molecular weight excluding hydrogens is 419 g/mol. The van der Waals surface area contributed by atoms with Crippen molar-refractivity contribution in [2.45, 2.75) is 33.4 Å². The lowest BCUT2D eigenvalue weighted by Gasteiger charge is -2.16. The van der Waals surface area contributed by atoms with E-state index in [0.29, 0.717) is 17.8 Å². The van der Waals surface area contributed by atoms with Crippen LogP contribution < -0.4 is 16.0 Å². The summed E-state index contributed by atoms with van der Waals surface area (Å²) in [7, 11) is 0. The van der Waals surface area contributed by atoms with Crippen molar-refractivity contribution in [1.29, 1.82) is 0 Å². The van der Waals surface area contributed by atoms with Gasteiger partial charge in [0, 0.05) is 36.1 Å². The molecule has 2 aromatic heterocycles. The quantitative estimate of drug-likeness (QED) is 0.505. The number of guanidine groups is 1. The maximum atomic E-state index is 13.6. The first kappa shape index (κ1) is 22.4. The lowest BCUT2D eigenvalue weighted by molar-refractivity contribution is 0.0939. The summed E-state index contributed by atoms with van der Waals surface area (Å²) in [6.45, 7) is 7.69. The highest BCUT2D eigenvalue weighted by molar-refractivity contribution is 5.96. The Balaban J connectivity index is 1.63. The van der Waals surface area contributed by atoms with E-state index in [1.165, 1.54) is 6.07 Å². The van der Waals surface area contributed by atoms with Gasteiger partial charge in [-0.1, -0.05) is 0 Å². The molecule has 0 spiro atoms. The van der Waals surface area contributed by atoms with Gasteiger partial charge in [-0.3, -0.25) is 14.8 Å². The van der Waals surface area contributed by atoms with Crippen LogP contribution in [-0.2, 0) is 6.54 Å². The number of hydrogen-bond acceptors (Lipinski definition) is 6. The number of nitrogens with zero attached hydrogens (tertiary/aromatic N) is 3. The monoisotopic (exact) mass is 446 g/mol. The maximum absolute atomic E-state index is 13.6. The molecule has 1 unspecified atom stereocenters. The summed E-state index contributed by atoms with van der Waals surface area (Å²) in [6, 6.07) is 12.3. The molecule has 0 fully saturated rings. The molecule has 1 aliphatic heterocycles. The van der Waals surface area contributed by atoms with Crippen LogP contribution in [0.15, 0.2) is 53.7 Å². The third-order valence-corrected chi connectivity index (χ3v) is 5.48. The van der Waals surface area contributed by atoms with Crippen LogP contribution in [0.1, 0.15) is 45.8 Å². The molecule has 3 heterocycles. The molecule has 7 nitrogen and oxygen atoms in total. The van der Waals surface area contributed by atoms with Gasteiger partial charge in [0.15, 0.2) is 5.96 Å². The van der Waals surface area contributed by atoms with Crippen molar-refractivity contribution in [3.05, 3.63) is 82.7 Å². The number of hydrogen-bond donors (Lipinski definition) is 3. The van der Waals surface area contributed by atoms with Crippen LogP contribution >= 0.6 is 0 Å². The number of benzene rings is 1. The maximum Gasteiger partial charge on any atom is 0.251 e. The van der Waals surface area contributed by atoms with Crippen LogP contribution in [0, 0.1) is 19.8 Å². The van der Waals surface area contributed by atoms with Gasteiger partial charge in [-0.2, -0.15) is 4.39 Å². The minimum atomic E-state index is -0.531. The largest absolute Gasteiger partial charge is 0.355 e. The number of nitrogens with one attached hydrogen (secondary N) is 3. The molecule has 0 saturated heterocycles. The first-order valence-electron chi connectivity index (χ1n) is 10.9. The highest BCUT2D eigenvalue weighted by atomic mass is 19.1. The molecular formula is C25H27FN6O. The van der Waals surface area contributed by atoms with E-state index in [2.05, 4.69) is 30.9 Å². The number of aromatic nitrogens is 2. The minimum Gasteiger partial charge on any atom is -0.355 e. The zero-order valence-electron chi connectivity index (χ0n) is 18.9. The van der Waals surface area contributed by atoms with Gasteiger partial charge in [0.05, 0.1) is 18.3 Å². The highest BCUT2D eigenvalue weighted by Crippen LogP contribution is 2.26. The number of carbonyl (C=O) groups is 1. The molecule has 33 heavy (non-hydrogen) atoms. The molecule has 170 valence electrons. The molecule has 1 amide bonds. The van der Waals surface area contributed by atoms with Crippen molar-refractivity contribution in [3.63, 3.8) is 0 Å². The molecule has 1 atom stereocenters. The SMILES string of the molecule is Cc1ccnc(C(C)NC(=O)c2cc(CNC3=NCCN3)cc(-c3ccc(F)nc3C)c2)c1. The van der Waals surface area contributed by atoms with E-state index in [-0.39, 0.29) is 11.9 Å². The van der Waals surface area contributed by atoms with E-state index in [9.17, 15) is 9.18 Å². The lowest BCUT2D eigenvalue weighted by Crippen LogP contribution is -2.33. The Hall–Kier alpha value is -3.81. The number of amides is 1. The number of aryl methyl sites for hydroxylation is 2. The van der Waals surface area contributed by atoms with Crippen LogP contribution in [0.25, 0.3) is 11.1 Å². The van der Waals surface area contributed by atoms with Crippen molar-refractivity contribution in [3.8, 4) is 11.1 Å². The second-order valence-electron chi connectivity index (χ2n) is 8.15. The third-order valence-electron chi connectivity index (χ3n) is 5.48. The van der Waals surface area contributed by atoms with E-state index >= 15 is 0 Å². The van der Waals surface area contributed by atoms with Gasteiger partial charge in [-0.25, -0.2) is 4.98 Å². The predicted molar refractivity (Wildman–Crippen MR) is 126 cm³/mol. The van der Waals surface area contributed by atoms with Crippen molar-refractivity contribution in [1.82, 2.24) is 25.9 Å². The topological polar surface area (TPSA) is 91.3 Å². The highest BCUT2D eigenvalue weighted by Gasteiger charge is 2.16. The van der Waals surface area contributed by atoms with E-state index in [1.54, 1.807) is 19.2 Å². The Labute approximate surface area is 192 Å². The Morgan fingerprint density at radius 3 is 2.76 bits per heavy atom. The minimum absolute atomic E-state index is 0.210. The summed E-state index contributed by atoms with van der Waals surface area (Å²) < 4.78 is 13.6. The van der Waals surface area contributed by atoms with Crippen molar-refractivity contribution >= 4 is 11.9 Å². The van der Waals surface area contributed by atoms with Crippen LogP contribution in [0.3, 0.4) is 0 Å². The first-order chi connectivity index (χ1) is 15.9. The van der Waals surface area contributed by atoms with Gasteiger partial charge in [0.2, 0.25) is 5.95 Å². The van der Waals surface area contributed by atoms with Crippen molar-refractivity contribution in [2.24, 2.45) is 4.99 Å². The van der Waals surface area contributed by atoms with Gasteiger partial charge < -0.3 is 16.0 Å². The van der Waals surface area contributed by atoms with E-state index in [1.807, 2.05) is 44.2 Å². The van der Waals surface area contributed by atoms with Gasteiger partial charge in [0.1, 0.15) is 0 Å². The molecule has 3 aromatic rings. The molecule has 1 aliphatic rings. The van der Waals surface area contributed by atoms with Crippen LogP contribution in [0.4, 0.5) is 4.39 Å². The molecule has 4 rings (SSSR count). The summed E-state index contributed by atoms with van der Waals surface area (Å²) in [5.41, 5.74) is 5.42. The van der Waals surface area contributed by atoms with Gasteiger partial charge >= 0.3 is 0 Å². The third kappa shape index (κ3) is 5.52. The first-order valence-corrected chi connectivity index (χ1v) is 10.9. The Bertz CT molecular complexity index is 1210. The number of aliphatic imine (C=N–C) groups is 1. The van der Waals surface area contributed by atoms with E-state index in [4.69, 9.17) is 0 Å².